The largest absolute Gasteiger partial charge is 0.480 e. The molecule has 1 heterocycles. The summed E-state index contributed by atoms with van der Waals surface area (Å²) in [5.41, 5.74) is 0.961. The molecule has 0 atom stereocenters. The highest BCUT2D eigenvalue weighted by Gasteiger charge is 2.05. The van der Waals surface area contributed by atoms with Crippen molar-refractivity contribution in [3.8, 4) is 11.3 Å². The van der Waals surface area contributed by atoms with Gasteiger partial charge in [-0.1, -0.05) is 28.1 Å². The van der Waals surface area contributed by atoms with Crippen molar-refractivity contribution < 1.29 is 19.1 Å². The highest BCUT2D eigenvalue weighted by atomic mass is 79.9. The van der Waals surface area contributed by atoms with Gasteiger partial charge in [0.1, 0.15) is 24.7 Å². The van der Waals surface area contributed by atoms with Gasteiger partial charge in [0.25, 0.3) is 0 Å². The fourth-order valence-electron chi connectivity index (χ4n) is 1.46. The summed E-state index contributed by atoms with van der Waals surface area (Å²) < 4.78 is 11.5. The van der Waals surface area contributed by atoms with E-state index in [1.54, 1.807) is 6.07 Å². The van der Waals surface area contributed by atoms with Crippen molar-refractivity contribution in [1.82, 2.24) is 0 Å². The molecule has 1 N–H and O–H groups in total. The van der Waals surface area contributed by atoms with E-state index in [4.69, 9.17) is 14.3 Å². The summed E-state index contributed by atoms with van der Waals surface area (Å²) in [7, 11) is 0. The lowest BCUT2D eigenvalue weighted by Gasteiger charge is -1.99. The smallest absolute Gasteiger partial charge is 0.329 e. The monoisotopic (exact) mass is 310 g/mol. The minimum Gasteiger partial charge on any atom is -0.480 e. The summed E-state index contributed by atoms with van der Waals surface area (Å²) >= 11 is 3.36. The van der Waals surface area contributed by atoms with Gasteiger partial charge >= 0.3 is 5.97 Å². The van der Waals surface area contributed by atoms with Crippen molar-refractivity contribution in [1.29, 1.82) is 0 Å². The van der Waals surface area contributed by atoms with Gasteiger partial charge in [-0.2, -0.15) is 0 Å². The molecule has 0 unspecified atom stereocenters. The Morgan fingerprint density at radius 1 is 1.22 bits per heavy atom. The third-order valence-electron chi connectivity index (χ3n) is 2.26. The Morgan fingerprint density at radius 3 is 2.61 bits per heavy atom. The van der Waals surface area contributed by atoms with Crippen LogP contribution >= 0.6 is 15.9 Å². The molecule has 0 saturated heterocycles. The molecule has 0 bridgehead atoms. The van der Waals surface area contributed by atoms with Crippen molar-refractivity contribution in [2.24, 2.45) is 0 Å². The van der Waals surface area contributed by atoms with E-state index in [0.29, 0.717) is 5.76 Å². The van der Waals surface area contributed by atoms with Crippen LogP contribution in [0, 0.1) is 0 Å². The normalized spacial score (nSPS) is 10.5. The van der Waals surface area contributed by atoms with Gasteiger partial charge in [0.05, 0.1) is 0 Å². The summed E-state index contributed by atoms with van der Waals surface area (Å²) in [6.07, 6.45) is 0. The van der Waals surface area contributed by atoms with Gasteiger partial charge in [-0.05, 0) is 24.3 Å². The second kappa shape index (κ2) is 5.84. The Balaban J connectivity index is 2.01. The topological polar surface area (TPSA) is 59.7 Å². The predicted molar refractivity (Wildman–Crippen MR) is 69.1 cm³/mol. The van der Waals surface area contributed by atoms with E-state index in [0.717, 1.165) is 15.8 Å². The zero-order valence-electron chi connectivity index (χ0n) is 9.43. The molecule has 1 aromatic carbocycles. The summed E-state index contributed by atoms with van der Waals surface area (Å²) in [6.45, 7) is -0.169. The molecule has 0 amide bonds. The third-order valence-corrected chi connectivity index (χ3v) is 2.79. The first-order valence-corrected chi connectivity index (χ1v) is 6.08. The Hall–Kier alpha value is -1.59. The highest BCUT2D eigenvalue weighted by molar-refractivity contribution is 9.10. The summed E-state index contributed by atoms with van der Waals surface area (Å²) in [4.78, 5) is 10.3. The number of carbonyl (C=O) groups is 1. The molecule has 0 radical (unpaired) electrons. The van der Waals surface area contributed by atoms with E-state index in [-0.39, 0.29) is 13.2 Å². The van der Waals surface area contributed by atoms with E-state index in [2.05, 4.69) is 15.9 Å². The number of hydrogen-bond donors (Lipinski definition) is 1. The van der Waals surface area contributed by atoms with E-state index in [1.807, 2.05) is 30.3 Å². The Kier molecular flexibility index (Phi) is 4.17. The molecule has 0 fully saturated rings. The van der Waals surface area contributed by atoms with Crippen LogP contribution in [-0.2, 0) is 16.1 Å². The van der Waals surface area contributed by atoms with E-state index in [9.17, 15) is 4.79 Å². The average Bonchev–Trinajstić information content (AvgIpc) is 2.78. The predicted octanol–water partition coefficient (Wildman–Crippen LogP) is 3.31. The molecule has 0 aliphatic carbocycles. The second-order valence-corrected chi connectivity index (χ2v) is 4.58. The molecule has 5 heteroatoms. The van der Waals surface area contributed by atoms with Crippen LogP contribution in [0.4, 0.5) is 0 Å². The molecular weight excluding hydrogens is 300 g/mol. The molecule has 0 spiro atoms. The lowest BCUT2D eigenvalue weighted by Crippen LogP contribution is -2.06. The van der Waals surface area contributed by atoms with Gasteiger partial charge in [0, 0.05) is 10.0 Å². The quantitative estimate of drug-likeness (QED) is 0.920. The molecule has 0 saturated carbocycles. The van der Waals surface area contributed by atoms with Crippen LogP contribution in [0.25, 0.3) is 11.3 Å². The van der Waals surface area contributed by atoms with Crippen LogP contribution in [-0.4, -0.2) is 17.7 Å². The minimum absolute atomic E-state index is 0.156. The maximum absolute atomic E-state index is 10.3. The number of ether oxygens (including phenoxy) is 1. The Labute approximate surface area is 112 Å². The number of rotatable bonds is 5. The second-order valence-electron chi connectivity index (χ2n) is 3.66. The van der Waals surface area contributed by atoms with Gasteiger partial charge in [0.15, 0.2) is 0 Å². The van der Waals surface area contributed by atoms with Crippen molar-refractivity contribution >= 4 is 21.9 Å². The van der Waals surface area contributed by atoms with Crippen molar-refractivity contribution in [2.75, 3.05) is 6.61 Å². The molecule has 18 heavy (non-hydrogen) atoms. The van der Waals surface area contributed by atoms with Crippen molar-refractivity contribution in [3.63, 3.8) is 0 Å². The zero-order chi connectivity index (χ0) is 13.0. The molecule has 94 valence electrons. The first-order valence-electron chi connectivity index (χ1n) is 5.29. The zero-order valence-corrected chi connectivity index (χ0v) is 11.0. The van der Waals surface area contributed by atoms with Crippen LogP contribution in [0.1, 0.15) is 5.76 Å². The average molecular weight is 311 g/mol. The fraction of sp³-hybridized carbons (Fsp3) is 0.154. The maximum Gasteiger partial charge on any atom is 0.329 e. The van der Waals surface area contributed by atoms with Gasteiger partial charge in [-0.15, -0.1) is 0 Å². The lowest BCUT2D eigenvalue weighted by molar-refractivity contribution is -0.142. The summed E-state index contributed by atoms with van der Waals surface area (Å²) in [6, 6.07) is 11.3. The van der Waals surface area contributed by atoms with Gasteiger partial charge in [-0.3, -0.25) is 0 Å². The van der Waals surface area contributed by atoms with Gasteiger partial charge < -0.3 is 14.3 Å². The number of furan rings is 1. The molecular formula is C13H11BrO4. The number of benzene rings is 1. The van der Waals surface area contributed by atoms with Crippen LogP contribution in [0.5, 0.6) is 0 Å². The molecule has 4 nitrogen and oxygen atoms in total. The molecule has 2 aromatic rings. The van der Waals surface area contributed by atoms with Gasteiger partial charge in [-0.25, -0.2) is 4.79 Å². The number of hydrogen-bond acceptors (Lipinski definition) is 3. The summed E-state index contributed by atoms with van der Waals surface area (Å²) in [5.74, 6) is 0.347. The van der Waals surface area contributed by atoms with E-state index in [1.165, 1.54) is 0 Å². The Morgan fingerprint density at radius 2 is 1.94 bits per heavy atom. The highest BCUT2D eigenvalue weighted by Crippen LogP contribution is 2.24. The maximum atomic E-state index is 10.3. The molecule has 1 aromatic heterocycles. The van der Waals surface area contributed by atoms with Crippen molar-refractivity contribution in [3.05, 3.63) is 46.6 Å². The fourth-order valence-corrected chi connectivity index (χ4v) is 1.73. The van der Waals surface area contributed by atoms with Crippen LogP contribution in [0.15, 0.2) is 45.3 Å². The first kappa shape index (κ1) is 12.9. The SMILES string of the molecule is O=C(O)COCc1ccc(-c2ccc(Br)cc2)o1. The van der Waals surface area contributed by atoms with Crippen LogP contribution in [0.2, 0.25) is 0 Å². The molecule has 2 rings (SSSR count). The minimum atomic E-state index is -0.991. The molecule has 0 aliphatic rings. The summed E-state index contributed by atoms with van der Waals surface area (Å²) in [5, 5.41) is 8.44. The number of halogens is 1. The number of carboxylic acids is 1. The third kappa shape index (κ3) is 3.45. The van der Waals surface area contributed by atoms with Crippen molar-refractivity contribution in [2.45, 2.75) is 6.61 Å². The Bertz CT molecular complexity index is 530. The van der Waals surface area contributed by atoms with E-state index < -0.39 is 5.97 Å². The van der Waals surface area contributed by atoms with Crippen LogP contribution < -0.4 is 0 Å². The molecule has 0 aliphatic heterocycles. The first-order chi connectivity index (χ1) is 8.65. The number of carboxylic acid groups (broad SMARTS) is 1. The van der Waals surface area contributed by atoms with Crippen LogP contribution in [0.3, 0.4) is 0 Å². The van der Waals surface area contributed by atoms with E-state index >= 15 is 0 Å². The lowest BCUT2D eigenvalue weighted by atomic mass is 10.2. The number of aliphatic carboxylic acids is 1. The standard InChI is InChI=1S/C13H11BrO4/c14-10-3-1-9(2-4-10)12-6-5-11(18-12)7-17-8-13(15)16/h1-6H,7-8H2,(H,15,16). The van der Waals surface area contributed by atoms with Gasteiger partial charge in [0.2, 0.25) is 0 Å².